The number of rotatable bonds is 3. The molecule has 5 nitrogen and oxygen atoms in total. The predicted molar refractivity (Wildman–Crippen MR) is 71.8 cm³/mol. The lowest BCUT2D eigenvalue weighted by Gasteiger charge is -2.18. The molecule has 0 unspecified atom stereocenters. The summed E-state index contributed by atoms with van der Waals surface area (Å²) < 4.78 is 26.2. The van der Waals surface area contributed by atoms with Crippen LogP contribution in [-0.2, 0) is 14.8 Å². The average molecular weight is 328 g/mol. The van der Waals surface area contributed by atoms with E-state index in [0.29, 0.717) is 9.90 Å². The average Bonchev–Trinajstić information content (AvgIpc) is 2.87. The van der Waals surface area contributed by atoms with Crippen LogP contribution in [0.4, 0.5) is 0 Å². The summed E-state index contributed by atoms with van der Waals surface area (Å²) >= 11 is 8.10. The fourth-order valence-electron chi connectivity index (χ4n) is 1.53. The summed E-state index contributed by atoms with van der Waals surface area (Å²) in [4.78, 5) is 11.0. The highest BCUT2D eigenvalue weighted by molar-refractivity contribution is 8.01. The Hall–Kier alpha value is -0.280. The van der Waals surface area contributed by atoms with E-state index >= 15 is 0 Å². The Balaban J connectivity index is 2.39. The molecule has 1 atom stereocenters. The van der Waals surface area contributed by atoms with E-state index in [9.17, 15) is 13.2 Å². The van der Waals surface area contributed by atoms with Gasteiger partial charge in [-0.3, -0.25) is 4.79 Å². The van der Waals surface area contributed by atoms with Gasteiger partial charge in [0.25, 0.3) is 10.0 Å². The maximum atomic E-state index is 12.3. The molecule has 1 N–H and O–H groups in total. The normalized spacial score (nSPS) is 21.3. The van der Waals surface area contributed by atoms with Gasteiger partial charge in [0.05, 0.1) is 10.2 Å². The molecule has 1 aromatic rings. The summed E-state index contributed by atoms with van der Waals surface area (Å²) in [6.45, 7) is 1.71. The largest absolute Gasteiger partial charge is 0.480 e. The third-order valence-electron chi connectivity index (χ3n) is 2.52. The van der Waals surface area contributed by atoms with Crippen LogP contribution in [0.1, 0.15) is 5.56 Å². The number of hydrogen-bond donors (Lipinski definition) is 1. The quantitative estimate of drug-likeness (QED) is 0.917. The van der Waals surface area contributed by atoms with Gasteiger partial charge in [-0.1, -0.05) is 11.6 Å². The van der Waals surface area contributed by atoms with E-state index in [1.165, 1.54) is 17.8 Å². The van der Waals surface area contributed by atoms with E-state index in [2.05, 4.69) is 0 Å². The zero-order valence-corrected chi connectivity index (χ0v) is 12.5. The molecule has 100 valence electrons. The number of carbonyl (C=O) groups is 1. The minimum absolute atomic E-state index is 0.0961. The summed E-state index contributed by atoms with van der Waals surface area (Å²) in [5.41, 5.74) is 0.680. The Morgan fingerprint density at radius 3 is 2.78 bits per heavy atom. The van der Waals surface area contributed by atoms with E-state index in [-0.39, 0.29) is 15.8 Å². The lowest BCUT2D eigenvalue weighted by molar-refractivity contribution is -0.140. The number of sulfonamides is 1. The molecule has 2 heterocycles. The van der Waals surface area contributed by atoms with Crippen molar-refractivity contribution in [2.24, 2.45) is 0 Å². The zero-order valence-electron chi connectivity index (χ0n) is 9.29. The number of carboxylic acids is 1. The van der Waals surface area contributed by atoms with Crippen molar-refractivity contribution in [1.29, 1.82) is 0 Å². The van der Waals surface area contributed by atoms with E-state index < -0.39 is 22.0 Å². The second-order valence-corrected chi connectivity index (χ2v) is 8.54. The van der Waals surface area contributed by atoms with Crippen LogP contribution < -0.4 is 0 Å². The van der Waals surface area contributed by atoms with Crippen molar-refractivity contribution in [3.05, 3.63) is 16.0 Å². The number of carboxylic acid groups (broad SMARTS) is 1. The molecule has 18 heavy (non-hydrogen) atoms. The van der Waals surface area contributed by atoms with Crippen molar-refractivity contribution < 1.29 is 18.3 Å². The smallest absolute Gasteiger partial charge is 0.322 e. The third-order valence-corrected chi connectivity index (χ3v) is 7.56. The summed E-state index contributed by atoms with van der Waals surface area (Å²) in [6.07, 6.45) is 0. The van der Waals surface area contributed by atoms with E-state index in [1.54, 1.807) is 6.92 Å². The Kier molecular flexibility index (Phi) is 3.93. The fourth-order valence-corrected chi connectivity index (χ4v) is 6.51. The monoisotopic (exact) mass is 327 g/mol. The molecule has 0 spiro atoms. The molecule has 0 amide bonds. The summed E-state index contributed by atoms with van der Waals surface area (Å²) in [6, 6.07) is 0.478. The van der Waals surface area contributed by atoms with Gasteiger partial charge in [-0.25, -0.2) is 8.42 Å². The van der Waals surface area contributed by atoms with Gasteiger partial charge in [-0.2, -0.15) is 4.31 Å². The third kappa shape index (κ3) is 2.39. The zero-order chi connectivity index (χ0) is 13.5. The molecule has 1 saturated heterocycles. The highest BCUT2D eigenvalue weighted by Crippen LogP contribution is 2.35. The first kappa shape index (κ1) is 14.1. The van der Waals surface area contributed by atoms with Crippen molar-refractivity contribution in [1.82, 2.24) is 4.31 Å². The summed E-state index contributed by atoms with van der Waals surface area (Å²) in [5, 5.41) is 9.01. The van der Waals surface area contributed by atoms with Gasteiger partial charge >= 0.3 is 5.97 Å². The number of aryl methyl sites for hydroxylation is 1. The highest BCUT2D eigenvalue weighted by atomic mass is 35.5. The lowest BCUT2D eigenvalue weighted by Crippen LogP contribution is -2.41. The Morgan fingerprint density at radius 1 is 1.61 bits per heavy atom. The maximum Gasteiger partial charge on any atom is 0.322 e. The van der Waals surface area contributed by atoms with Gasteiger partial charge in [-0.05, 0) is 18.6 Å². The van der Waals surface area contributed by atoms with Crippen LogP contribution in [0.3, 0.4) is 0 Å². The topological polar surface area (TPSA) is 74.7 Å². The molecule has 0 aromatic carbocycles. The molecule has 1 fully saturated rings. The Bertz CT molecular complexity index is 563. The second-order valence-electron chi connectivity index (χ2n) is 3.77. The molecular weight excluding hydrogens is 318 g/mol. The molecule has 2 rings (SSSR count). The SMILES string of the molecule is Cc1cc(S(=O)(=O)N2CSC[C@H]2C(=O)O)sc1Cl. The maximum absolute atomic E-state index is 12.3. The molecule has 0 radical (unpaired) electrons. The van der Waals surface area contributed by atoms with Gasteiger partial charge < -0.3 is 5.11 Å². The molecule has 1 aliphatic heterocycles. The molecule has 9 heteroatoms. The standard InChI is InChI=1S/C9H10ClNO4S3/c1-5-2-7(17-8(5)10)18(14,15)11-4-16-3-6(11)9(12)13/h2,6H,3-4H2,1H3,(H,12,13)/t6-/m0/s1. The lowest BCUT2D eigenvalue weighted by atomic mass is 10.4. The van der Waals surface area contributed by atoms with Gasteiger partial charge in [0.2, 0.25) is 0 Å². The predicted octanol–water partition coefficient (Wildman–Crippen LogP) is 1.86. The van der Waals surface area contributed by atoms with Crippen molar-refractivity contribution in [3.8, 4) is 0 Å². The number of thioether (sulfide) groups is 1. The molecule has 0 saturated carbocycles. The molecule has 1 aromatic heterocycles. The number of aliphatic carboxylic acids is 1. The molecule has 0 bridgehead atoms. The number of nitrogens with zero attached hydrogens (tertiary/aromatic N) is 1. The van der Waals surface area contributed by atoms with Gasteiger partial charge in [-0.15, -0.1) is 23.1 Å². The van der Waals surface area contributed by atoms with Crippen LogP contribution in [0.25, 0.3) is 0 Å². The van der Waals surface area contributed by atoms with E-state index in [0.717, 1.165) is 15.6 Å². The van der Waals surface area contributed by atoms with Gasteiger partial charge in [0, 0.05) is 5.75 Å². The number of thiophene rings is 1. The Labute approximate surface area is 118 Å². The molecular formula is C9H10ClNO4S3. The first-order chi connectivity index (χ1) is 8.34. The van der Waals surface area contributed by atoms with Crippen LogP contribution in [0.15, 0.2) is 10.3 Å². The van der Waals surface area contributed by atoms with Crippen molar-refractivity contribution in [2.75, 3.05) is 11.6 Å². The molecule has 0 aliphatic carbocycles. The van der Waals surface area contributed by atoms with Crippen LogP contribution in [0.2, 0.25) is 4.34 Å². The van der Waals surface area contributed by atoms with Crippen LogP contribution in [0.5, 0.6) is 0 Å². The van der Waals surface area contributed by atoms with Gasteiger partial charge in [0.1, 0.15) is 10.3 Å². The summed E-state index contributed by atoms with van der Waals surface area (Å²) in [5.74, 6) is -0.691. The van der Waals surface area contributed by atoms with E-state index in [1.807, 2.05) is 0 Å². The minimum atomic E-state index is -3.77. The van der Waals surface area contributed by atoms with Crippen LogP contribution >= 0.6 is 34.7 Å². The van der Waals surface area contributed by atoms with Crippen molar-refractivity contribution in [2.45, 2.75) is 17.2 Å². The first-order valence-corrected chi connectivity index (χ1v) is 8.71. The number of hydrogen-bond acceptors (Lipinski definition) is 5. The minimum Gasteiger partial charge on any atom is -0.480 e. The fraction of sp³-hybridized carbons (Fsp3) is 0.444. The van der Waals surface area contributed by atoms with Crippen LogP contribution in [0, 0.1) is 6.92 Å². The highest BCUT2D eigenvalue weighted by Gasteiger charge is 2.40. The number of halogens is 1. The van der Waals surface area contributed by atoms with Crippen molar-refractivity contribution >= 4 is 50.7 Å². The Morgan fingerprint density at radius 2 is 2.28 bits per heavy atom. The van der Waals surface area contributed by atoms with Gasteiger partial charge in [0.15, 0.2) is 0 Å². The summed E-state index contributed by atoms with van der Waals surface area (Å²) in [7, 11) is -3.77. The van der Waals surface area contributed by atoms with Crippen LogP contribution in [-0.4, -0.2) is 41.5 Å². The second kappa shape index (κ2) is 5.01. The van der Waals surface area contributed by atoms with Crippen molar-refractivity contribution in [3.63, 3.8) is 0 Å². The first-order valence-electron chi connectivity index (χ1n) is 4.92. The molecule has 1 aliphatic rings. The van der Waals surface area contributed by atoms with E-state index in [4.69, 9.17) is 16.7 Å².